The molecule has 3 amide bonds. The van der Waals surface area contributed by atoms with Gasteiger partial charge in [-0.15, -0.1) is 0 Å². The van der Waals surface area contributed by atoms with Crippen LogP contribution in [0.4, 0.5) is 5.69 Å². The molecule has 0 bridgehead atoms. The van der Waals surface area contributed by atoms with E-state index in [1.807, 2.05) is 0 Å². The molecule has 0 unspecified atom stereocenters. The van der Waals surface area contributed by atoms with E-state index in [9.17, 15) is 14.4 Å². The Balaban J connectivity index is 1.57. The van der Waals surface area contributed by atoms with Crippen LogP contribution in [0.5, 0.6) is 11.5 Å². The van der Waals surface area contributed by atoms with E-state index in [0.29, 0.717) is 34.7 Å². The molecule has 0 atom stereocenters. The van der Waals surface area contributed by atoms with E-state index in [1.54, 1.807) is 42.5 Å². The quantitative estimate of drug-likeness (QED) is 0.760. The molecule has 2 aromatic rings. The summed E-state index contributed by atoms with van der Waals surface area (Å²) in [5.41, 5.74) is 1.32. The van der Waals surface area contributed by atoms with E-state index in [2.05, 4.69) is 5.32 Å². The first-order chi connectivity index (χ1) is 13.0. The van der Waals surface area contributed by atoms with Gasteiger partial charge in [0.05, 0.1) is 31.0 Å². The molecule has 0 aliphatic carbocycles. The van der Waals surface area contributed by atoms with Crippen molar-refractivity contribution in [3.8, 4) is 11.5 Å². The Bertz CT molecular complexity index is 859. The lowest BCUT2D eigenvalue weighted by Crippen LogP contribution is -2.31. The Kier molecular flexibility index (Phi) is 5.40. The number of carbonyl (C=O) groups is 3. The SMILES string of the molecule is COc1ccc(OC)c(NC(=O)CCCN2C(=O)c3ccccc3C2=O)c1. The van der Waals surface area contributed by atoms with Crippen molar-refractivity contribution >= 4 is 23.4 Å². The van der Waals surface area contributed by atoms with Crippen molar-refractivity contribution in [3.05, 3.63) is 53.6 Å². The summed E-state index contributed by atoms with van der Waals surface area (Å²) in [7, 11) is 3.05. The number of imide groups is 1. The highest BCUT2D eigenvalue weighted by molar-refractivity contribution is 6.21. The molecule has 0 aromatic heterocycles. The molecular formula is C20H20N2O5. The zero-order valence-corrected chi connectivity index (χ0v) is 15.2. The van der Waals surface area contributed by atoms with Crippen LogP contribution in [0, 0.1) is 0 Å². The molecule has 3 rings (SSSR count). The summed E-state index contributed by atoms with van der Waals surface area (Å²) < 4.78 is 10.4. The smallest absolute Gasteiger partial charge is 0.261 e. The molecule has 0 saturated heterocycles. The van der Waals surface area contributed by atoms with Crippen LogP contribution in [0.15, 0.2) is 42.5 Å². The minimum atomic E-state index is -0.314. The van der Waals surface area contributed by atoms with Crippen LogP contribution < -0.4 is 14.8 Å². The molecule has 1 N–H and O–H groups in total. The van der Waals surface area contributed by atoms with Crippen LogP contribution in [-0.4, -0.2) is 43.4 Å². The molecule has 140 valence electrons. The van der Waals surface area contributed by atoms with Crippen LogP contribution in [0.25, 0.3) is 0 Å². The van der Waals surface area contributed by atoms with Crippen LogP contribution in [0.1, 0.15) is 33.6 Å². The minimum Gasteiger partial charge on any atom is -0.497 e. The number of benzene rings is 2. The van der Waals surface area contributed by atoms with Crippen LogP contribution >= 0.6 is 0 Å². The van der Waals surface area contributed by atoms with Gasteiger partial charge in [0.15, 0.2) is 0 Å². The molecule has 0 fully saturated rings. The molecule has 1 aliphatic heterocycles. The number of fused-ring (bicyclic) bond motifs is 1. The van der Waals surface area contributed by atoms with Crippen molar-refractivity contribution in [1.29, 1.82) is 0 Å². The topological polar surface area (TPSA) is 84.9 Å². The van der Waals surface area contributed by atoms with Gasteiger partial charge in [-0.05, 0) is 30.7 Å². The predicted molar refractivity (Wildman–Crippen MR) is 99.2 cm³/mol. The molecule has 1 heterocycles. The Morgan fingerprint density at radius 1 is 1.00 bits per heavy atom. The highest BCUT2D eigenvalue weighted by atomic mass is 16.5. The van der Waals surface area contributed by atoms with E-state index in [0.717, 1.165) is 0 Å². The summed E-state index contributed by atoms with van der Waals surface area (Å²) in [6.45, 7) is 0.189. The largest absolute Gasteiger partial charge is 0.497 e. The molecule has 7 nitrogen and oxygen atoms in total. The number of carbonyl (C=O) groups excluding carboxylic acids is 3. The number of rotatable bonds is 7. The number of ether oxygens (including phenoxy) is 2. The van der Waals surface area contributed by atoms with Crippen molar-refractivity contribution in [2.75, 3.05) is 26.1 Å². The second kappa shape index (κ2) is 7.90. The zero-order valence-electron chi connectivity index (χ0n) is 15.2. The highest BCUT2D eigenvalue weighted by Gasteiger charge is 2.34. The van der Waals surface area contributed by atoms with Crippen molar-refractivity contribution < 1.29 is 23.9 Å². The summed E-state index contributed by atoms with van der Waals surface area (Å²) in [4.78, 5) is 38.0. The van der Waals surface area contributed by atoms with Crippen molar-refractivity contribution in [3.63, 3.8) is 0 Å². The summed E-state index contributed by atoms with van der Waals surface area (Å²) in [5, 5.41) is 2.77. The third-order valence-corrected chi connectivity index (χ3v) is 4.34. The summed E-state index contributed by atoms with van der Waals surface area (Å²) in [5.74, 6) is 0.246. The second-order valence-electron chi connectivity index (χ2n) is 6.03. The lowest BCUT2D eigenvalue weighted by Gasteiger charge is -2.14. The Morgan fingerprint density at radius 3 is 2.26 bits per heavy atom. The average Bonchev–Trinajstić information content (AvgIpc) is 2.93. The first-order valence-electron chi connectivity index (χ1n) is 8.52. The van der Waals surface area contributed by atoms with Crippen LogP contribution in [-0.2, 0) is 4.79 Å². The Hall–Kier alpha value is -3.35. The van der Waals surface area contributed by atoms with Gasteiger partial charge in [-0.2, -0.15) is 0 Å². The number of nitrogens with one attached hydrogen (secondary N) is 1. The van der Waals surface area contributed by atoms with Gasteiger partial charge in [0.25, 0.3) is 11.8 Å². The van der Waals surface area contributed by atoms with Crippen molar-refractivity contribution in [1.82, 2.24) is 4.90 Å². The lowest BCUT2D eigenvalue weighted by atomic mass is 10.1. The Morgan fingerprint density at radius 2 is 1.67 bits per heavy atom. The first-order valence-corrected chi connectivity index (χ1v) is 8.52. The highest BCUT2D eigenvalue weighted by Crippen LogP contribution is 2.29. The molecule has 7 heteroatoms. The fourth-order valence-corrected chi connectivity index (χ4v) is 2.96. The summed E-state index contributed by atoms with van der Waals surface area (Å²) >= 11 is 0. The van der Waals surface area contributed by atoms with Gasteiger partial charge >= 0.3 is 0 Å². The molecule has 0 saturated carbocycles. The fraction of sp³-hybridized carbons (Fsp3) is 0.250. The van der Waals surface area contributed by atoms with E-state index >= 15 is 0 Å². The van der Waals surface area contributed by atoms with Gasteiger partial charge < -0.3 is 14.8 Å². The molecule has 1 aliphatic rings. The van der Waals surface area contributed by atoms with E-state index in [4.69, 9.17) is 9.47 Å². The number of hydrogen-bond acceptors (Lipinski definition) is 5. The summed E-state index contributed by atoms with van der Waals surface area (Å²) in [6, 6.07) is 11.8. The Labute approximate surface area is 156 Å². The zero-order chi connectivity index (χ0) is 19.4. The molecular weight excluding hydrogens is 348 g/mol. The molecule has 2 aromatic carbocycles. The van der Waals surface area contributed by atoms with Crippen LogP contribution in [0.3, 0.4) is 0 Å². The first kappa shape index (κ1) is 18.4. The van der Waals surface area contributed by atoms with Gasteiger partial charge in [0, 0.05) is 19.0 Å². The van der Waals surface area contributed by atoms with Crippen molar-refractivity contribution in [2.45, 2.75) is 12.8 Å². The summed E-state index contributed by atoms with van der Waals surface area (Å²) in [6.07, 6.45) is 0.525. The van der Waals surface area contributed by atoms with E-state index in [1.165, 1.54) is 19.1 Å². The van der Waals surface area contributed by atoms with Gasteiger partial charge in [-0.3, -0.25) is 19.3 Å². The monoisotopic (exact) mass is 368 g/mol. The second-order valence-corrected chi connectivity index (χ2v) is 6.03. The normalized spacial score (nSPS) is 12.7. The number of amides is 3. The molecule has 0 radical (unpaired) electrons. The lowest BCUT2D eigenvalue weighted by molar-refractivity contribution is -0.116. The van der Waals surface area contributed by atoms with E-state index < -0.39 is 0 Å². The third kappa shape index (κ3) is 3.76. The average molecular weight is 368 g/mol. The number of methoxy groups -OCH3 is 2. The maximum atomic E-state index is 12.3. The minimum absolute atomic E-state index is 0.160. The number of anilines is 1. The van der Waals surface area contributed by atoms with E-state index in [-0.39, 0.29) is 30.7 Å². The standard InChI is InChI=1S/C20H20N2O5/c1-26-13-9-10-17(27-2)16(12-13)21-18(23)8-5-11-22-19(24)14-6-3-4-7-15(14)20(22)25/h3-4,6-7,9-10,12H,5,8,11H2,1-2H3,(H,21,23). The maximum absolute atomic E-state index is 12.3. The number of nitrogens with zero attached hydrogens (tertiary/aromatic N) is 1. The number of hydrogen-bond donors (Lipinski definition) is 1. The van der Waals surface area contributed by atoms with Crippen LogP contribution in [0.2, 0.25) is 0 Å². The predicted octanol–water partition coefficient (Wildman–Crippen LogP) is 2.72. The van der Waals surface area contributed by atoms with Gasteiger partial charge in [-0.25, -0.2) is 0 Å². The van der Waals surface area contributed by atoms with Gasteiger partial charge in [0.2, 0.25) is 5.91 Å². The fourth-order valence-electron chi connectivity index (χ4n) is 2.96. The maximum Gasteiger partial charge on any atom is 0.261 e. The van der Waals surface area contributed by atoms with Crippen molar-refractivity contribution in [2.24, 2.45) is 0 Å². The van der Waals surface area contributed by atoms with Gasteiger partial charge in [-0.1, -0.05) is 12.1 Å². The molecule has 27 heavy (non-hydrogen) atoms. The third-order valence-electron chi connectivity index (χ3n) is 4.34. The van der Waals surface area contributed by atoms with Gasteiger partial charge in [0.1, 0.15) is 11.5 Å². The molecule has 0 spiro atoms.